The van der Waals surface area contributed by atoms with E-state index in [2.05, 4.69) is 20.3 Å². The summed E-state index contributed by atoms with van der Waals surface area (Å²) in [5, 5.41) is 8.27. The molecule has 2 N–H and O–H groups in total. The highest BCUT2D eigenvalue weighted by atomic mass is 16.5. The summed E-state index contributed by atoms with van der Waals surface area (Å²) in [6.45, 7) is 1.07. The van der Waals surface area contributed by atoms with Gasteiger partial charge in [-0.05, 0) is 12.8 Å². The van der Waals surface area contributed by atoms with Crippen molar-refractivity contribution >= 4 is 17.6 Å². The summed E-state index contributed by atoms with van der Waals surface area (Å²) in [4.78, 5) is 22.8. The predicted molar refractivity (Wildman–Crippen MR) is 57.1 cm³/mol. The second-order valence-electron chi connectivity index (χ2n) is 3.68. The van der Waals surface area contributed by atoms with E-state index >= 15 is 0 Å². The summed E-state index contributed by atoms with van der Waals surface area (Å²) in [5.74, 6) is -1.26. The fraction of sp³-hybridized carbons (Fsp3) is 0.500. The zero-order chi connectivity index (χ0) is 12.1. The fourth-order valence-corrected chi connectivity index (χ4v) is 1.54. The Kier molecular flexibility index (Phi) is 3.71. The van der Waals surface area contributed by atoms with Gasteiger partial charge in [-0.2, -0.15) is 0 Å². The van der Waals surface area contributed by atoms with Gasteiger partial charge >= 0.3 is 11.8 Å². The molecule has 92 valence electrons. The van der Waals surface area contributed by atoms with Crippen molar-refractivity contribution in [3.63, 3.8) is 0 Å². The molecule has 17 heavy (non-hydrogen) atoms. The Morgan fingerprint density at radius 1 is 1.47 bits per heavy atom. The average Bonchev–Trinajstić information content (AvgIpc) is 2.98. The van der Waals surface area contributed by atoms with Gasteiger partial charge in [-0.3, -0.25) is 14.9 Å². The van der Waals surface area contributed by atoms with Gasteiger partial charge in [0.05, 0.1) is 6.10 Å². The number of carbonyl (C=O) groups is 2. The Labute approximate surface area is 97.5 Å². The number of rotatable bonds is 3. The molecule has 2 heterocycles. The molecule has 1 aliphatic rings. The molecule has 1 aliphatic heterocycles. The van der Waals surface area contributed by atoms with Crippen LogP contribution in [0.3, 0.4) is 0 Å². The minimum absolute atomic E-state index is 0.0128. The number of hydrogen-bond acceptors (Lipinski definition) is 5. The minimum atomic E-state index is -0.767. The first kappa shape index (κ1) is 11.6. The van der Waals surface area contributed by atoms with Crippen LogP contribution in [0.25, 0.3) is 0 Å². The van der Waals surface area contributed by atoms with Crippen molar-refractivity contribution in [1.82, 2.24) is 10.5 Å². The largest absolute Gasteiger partial charge is 0.376 e. The van der Waals surface area contributed by atoms with E-state index in [-0.39, 0.29) is 11.9 Å². The van der Waals surface area contributed by atoms with Crippen molar-refractivity contribution in [3.05, 3.63) is 12.3 Å². The van der Waals surface area contributed by atoms with Crippen LogP contribution in [0.15, 0.2) is 16.9 Å². The lowest BCUT2D eigenvalue weighted by Gasteiger charge is -2.09. The van der Waals surface area contributed by atoms with E-state index in [0.29, 0.717) is 13.2 Å². The van der Waals surface area contributed by atoms with Crippen molar-refractivity contribution in [3.8, 4) is 0 Å². The van der Waals surface area contributed by atoms with Crippen LogP contribution in [0.2, 0.25) is 0 Å². The second kappa shape index (κ2) is 5.44. The molecule has 7 heteroatoms. The molecule has 0 aliphatic carbocycles. The predicted octanol–water partition coefficient (Wildman–Crippen LogP) is -0.0917. The van der Waals surface area contributed by atoms with Crippen LogP contribution in [-0.2, 0) is 14.3 Å². The first-order valence-corrected chi connectivity index (χ1v) is 5.37. The maximum Gasteiger partial charge on any atom is 0.314 e. The molecule has 1 aromatic rings. The van der Waals surface area contributed by atoms with Crippen LogP contribution in [0.5, 0.6) is 0 Å². The Morgan fingerprint density at radius 3 is 3.00 bits per heavy atom. The van der Waals surface area contributed by atoms with Crippen molar-refractivity contribution < 1.29 is 18.8 Å². The lowest BCUT2D eigenvalue weighted by atomic mass is 10.2. The van der Waals surface area contributed by atoms with E-state index in [1.807, 2.05) is 0 Å². The highest BCUT2D eigenvalue weighted by Crippen LogP contribution is 2.10. The van der Waals surface area contributed by atoms with Crippen LogP contribution in [0.4, 0.5) is 5.82 Å². The lowest BCUT2D eigenvalue weighted by molar-refractivity contribution is -0.136. The molecule has 0 radical (unpaired) electrons. The van der Waals surface area contributed by atoms with E-state index in [4.69, 9.17) is 4.74 Å². The van der Waals surface area contributed by atoms with Gasteiger partial charge in [-0.1, -0.05) is 5.16 Å². The Bertz CT molecular complexity index is 384. The Morgan fingerprint density at radius 2 is 2.35 bits per heavy atom. The van der Waals surface area contributed by atoms with Gasteiger partial charge in [0.2, 0.25) is 0 Å². The molecule has 1 fully saturated rings. The maximum absolute atomic E-state index is 11.4. The van der Waals surface area contributed by atoms with Gasteiger partial charge in [0, 0.05) is 19.2 Å². The number of hydrogen-bond donors (Lipinski definition) is 2. The number of anilines is 1. The smallest absolute Gasteiger partial charge is 0.314 e. The summed E-state index contributed by atoms with van der Waals surface area (Å²) in [6, 6.07) is 1.45. The molecule has 1 atom stereocenters. The third-order valence-corrected chi connectivity index (χ3v) is 2.40. The normalized spacial score (nSPS) is 18.9. The molecule has 7 nitrogen and oxygen atoms in total. The van der Waals surface area contributed by atoms with Gasteiger partial charge in [-0.15, -0.1) is 0 Å². The first-order chi connectivity index (χ1) is 8.25. The van der Waals surface area contributed by atoms with Crippen molar-refractivity contribution in [2.45, 2.75) is 18.9 Å². The topological polar surface area (TPSA) is 93.5 Å². The standard InChI is InChI=1S/C10H13N3O4/c14-9(11-6-7-2-1-4-16-7)10(15)12-8-3-5-17-13-8/h3,5,7H,1-2,4,6H2,(H,11,14)(H,12,13,15)/t7-/m1/s1. The van der Waals surface area contributed by atoms with Crippen molar-refractivity contribution in [1.29, 1.82) is 0 Å². The summed E-state index contributed by atoms with van der Waals surface area (Å²) >= 11 is 0. The molecule has 0 unspecified atom stereocenters. The van der Waals surface area contributed by atoms with Crippen molar-refractivity contribution in [2.24, 2.45) is 0 Å². The zero-order valence-corrected chi connectivity index (χ0v) is 9.14. The third kappa shape index (κ3) is 3.28. The molecule has 2 amide bonds. The van der Waals surface area contributed by atoms with Gasteiger partial charge in [-0.25, -0.2) is 0 Å². The number of nitrogens with zero attached hydrogens (tertiary/aromatic N) is 1. The number of ether oxygens (including phenoxy) is 1. The number of carbonyl (C=O) groups excluding carboxylic acids is 2. The molecular formula is C10H13N3O4. The van der Waals surface area contributed by atoms with E-state index in [9.17, 15) is 9.59 Å². The molecule has 0 spiro atoms. The molecule has 0 saturated carbocycles. The highest BCUT2D eigenvalue weighted by molar-refractivity contribution is 6.39. The van der Waals surface area contributed by atoms with Gasteiger partial charge in [0.15, 0.2) is 5.82 Å². The maximum atomic E-state index is 11.4. The molecule has 0 bridgehead atoms. The van der Waals surface area contributed by atoms with Gasteiger partial charge < -0.3 is 14.6 Å². The molecule has 1 aromatic heterocycles. The van der Waals surface area contributed by atoms with Crippen LogP contribution in [0.1, 0.15) is 12.8 Å². The molecular weight excluding hydrogens is 226 g/mol. The highest BCUT2D eigenvalue weighted by Gasteiger charge is 2.19. The number of aromatic nitrogens is 1. The quantitative estimate of drug-likeness (QED) is 0.719. The van der Waals surface area contributed by atoms with Crippen molar-refractivity contribution in [2.75, 3.05) is 18.5 Å². The first-order valence-electron chi connectivity index (χ1n) is 5.37. The van der Waals surface area contributed by atoms with E-state index in [0.717, 1.165) is 12.8 Å². The molecule has 0 aromatic carbocycles. The lowest BCUT2D eigenvalue weighted by Crippen LogP contribution is -2.39. The fourth-order valence-electron chi connectivity index (χ4n) is 1.54. The summed E-state index contributed by atoms with van der Waals surface area (Å²) in [7, 11) is 0. The minimum Gasteiger partial charge on any atom is -0.376 e. The number of amides is 2. The molecule has 2 rings (SSSR count). The van der Waals surface area contributed by atoms with Gasteiger partial charge in [0.25, 0.3) is 0 Å². The van der Waals surface area contributed by atoms with E-state index < -0.39 is 11.8 Å². The third-order valence-electron chi connectivity index (χ3n) is 2.40. The monoisotopic (exact) mass is 239 g/mol. The SMILES string of the molecule is O=C(NC[C@H]1CCCO1)C(=O)Nc1ccon1. The van der Waals surface area contributed by atoms with E-state index in [1.54, 1.807) is 0 Å². The van der Waals surface area contributed by atoms with Crippen LogP contribution in [-0.4, -0.2) is 36.2 Å². The summed E-state index contributed by atoms with van der Waals surface area (Å²) < 4.78 is 9.84. The number of nitrogens with one attached hydrogen (secondary N) is 2. The van der Waals surface area contributed by atoms with Crippen LogP contribution in [0, 0.1) is 0 Å². The van der Waals surface area contributed by atoms with Crippen LogP contribution >= 0.6 is 0 Å². The second-order valence-corrected chi connectivity index (χ2v) is 3.68. The zero-order valence-electron chi connectivity index (χ0n) is 9.14. The van der Waals surface area contributed by atoms with Gasteiger partial charge in [0.1, 0.15) is 6.26 Å². The Hall–Kier alpha value is -1.89. The molecule has 1 saturated heterocycles. The summed E-state index contributed by atoms with van der Waals surface area (Å²) in [5.41, 5.74) is 0. The Balaban J connectivity index is 1.73. The average molecular weight is 239 g/mol. The summed E-state index contributed by atoms with van der Waals surface area (Å²) in [6.07, 6.45) is 3.22. The van der Waals surface area contributed by atoms with Crippen LogP contribution < -0.4 is 10.6 Å². The van der Waals surface area contributed by atoms with E-state index in [1.165, 1.54) is 12.3 Å².